The Morgan fingerprint density at radius 2 is 1.96 bits per heavy atom. The SMILES string of the molecule is Clc1ccc(Cl)c(CN2CCCc3nnc(CCC4CCNCC4)cc32)c1. The van der Waals surface area contributed by atoms with Crippen LogP contribution in [0.1, 0.15) is 42.6 Å². The van der Waals surface area contributed by atoms with Gasteiger partial charge in [0.15, 0.2) is 0 Å². The van der Waals surface area contributed by atoms with Gasteiger partial charge in [-0.15, -0.1) is 0 Å². The smallest absolute Gasteiger partial charge is 0.0864 e. The summed E-state index contributed by atoms with van der Waals surface area (Å²) in [5.41, 5.74) is 4.49. The summed E-state index contributed by atoms with van der Waals surface area (Å²) in [6, 6.07) is 7.92. The van der Waals surface area contributed by atoms with Crippen molar-refractivity contribution in [2.24, 2.45) is 5.92 Å². The second kappa shape index (κ2) is 8.76. The van der Waals surface area contributed by atoms with E-state index in [2.05, 4.69) is 26.5 Å². The molecule has 144 valence electrons. The van der Waals surface area contributed by atoms with Crippen molar-refractivity contribution in [2.45, 2.75) is 45.1 Å². The molecule has 3 heterocycles. The molecule has 2 aliphatic heterocycles. The van der Waals surface area contributed by atoms with E-state index >= 15 is 0 Å². The van der Waals surface area contributed by atoms with Crippen LogP contribution in [0.15, 0.2) is 24.3 Å². The highest BCUT2D eigenvalue weighted by Crippen LogP contribution is 2.30. The lowest BCUT2D eigenvalue weighted by Crippen LogP contribution is -2.30. The number of halogens is 2. The summed E-state index contributed by atoms with van der Waals surface area (Å²) in [7, 11) is 0. The number of nitrogens with one attached hydrogen (secondary N) is 1. The first-order valence-corrected chi connectivity index (χ1v) is 10.7. The van der Waals surface area contributed by atoms with Crippen molar-refractivity contribution in [1.29, 1.82) is 0 Å². The lowest BCUT2D eigenvalue weighted by atomic mass is 9.92. The molecule has 27 heavy (non-hydrogen) atoms. The van der Waals surface area contributed by atoms with Crippen molar-refractivity contribution in [3.05, 3.63) is 51.3 Å². The maximum atomic E-state index is 6.39. The minimum absolute atomic E-state index is 0.724. The molecule has 0 unspecified atom stereocenters. The molecule has 1 aromatic heterocycles. The zero-order chi connectivity index (χ0) is 18.6. The molecule has 1 fully saturated rings. The number of hydrogen-bond acceptors (Lipinski definition) is 4. The molecule has 2 aromatic rings. The van der Waals surface area contributed by atoms with Gasteiger partial charge in [0.05, 0.1) is 17.1 Å². The highest BCUT2D eigenvalue weighted by molar-refractivity contribution is 6.33. The minimum Gasteiger partial charge on any atom is -0.366 e. The predicted octanol–water partition coefficient (Wildman–Crippen LogP) is 4.67. The molecule has 2 aliphatic rings. The van der Waals surface area contributed by atoms with Gasteiger partial charge in [-0.2, -0.15) is 10.2 Å². The molecule has 4 rings (SSSR count). The summed E-state index contributed by atoms with van der Waals surface area (Å²) in [6.45, 7) is 4.06. The van der Waals surface area contributed by atoms with E-state index in [1.54, 1.807) is 0 Å². The van der Waals surface area contributed by atoms with Gasteiger partial charge in [-0.1, -0.05) is 23.2 Å². The molecule has 0 saturated carbocycles. The normalized spacial score (nSPS) is 17.8. The topological polar surface area (TPSA) is 41.1 Å². The standard InChI is InChI=1S/C21H26Cl2N4/c22-17-4-6-19(23)16(12-17)14-27-11-1-2-20-21(27)13-18(25-26-20)5-3-15-7-9-24-10-8-15/h4,6,12-13,15,24H,1-3,5,7-11,14H2. The fourth-order valence-electron chi connectivity index (χ4n) is 4.13. The fraction of sp³-hybridized carbons (Fsp3) is 0.524. The Bertz CT molecular complexity index is 790. The minimum atomic E-state index is 0.724. The zero-order valence-electron chi connectivity index (χ0n) is 15.6. The monoisotopic (exact) mass is 404 g/mol. The second-order valence-electron chi connectivity index (χ2n) is 7.66. The lowest BCUT2D eigenvalue weighted by Gasteiger charge is -2.31. The third kappa shape index (κ3) is 4.74. The predicted molar refractivity (Wildman–Crippen MR) is 112 cm³/mol. The van der Waals surface area contributed by atoms with E-state index in [4.69, 9.17) is 23.2 Å². The Balaban J connectivity index is 1.49. The van der Waals surface area contributed by atoms with E-state index in [-0.39, 0.29) is 0 Å². The highest BCUT2D eigenvalue weighted by atomic mass is 35.5. The lowest BCUT2D eigenvalue weighted by molar-refractivity contribution is 0.353. The molecule has 1 aromatic carbocycles. The number of piperidine rings is 1. The summed E-state index contributed by atoms with van der Waals surface area (Å²) in [5, 5.41) is 14.0. The average molecular weight is 405 g/mol. The molecular weight excluding hydrogens is 379 g/mol. The molecule has 0 radical (unpaired) electrons. The van der Waals surface area contributed by atoms with E-state index in [1.165, 1.54) is 24.9 Å². The summed E-state index contributed by atoms with van der Waals surface area (Å²) in [6.07, 6.45) is 6.85. The van der Waals surface area contributed by atoms with Crippen LogP contribution in [0.5, 0.6) is 0 Å². The van der Waals surface area contributed by atoms with E-state index in [9.17, 15) is 0 Å². The van der Waals surface area contributed by atoms with Crippen molar-refractivity contribution in [3.8, 4) is 0 Å². The van der Waals surface area contributed by atoms with E-state index in [1.807, 2.05) is 18.2 Å². The molecule has 0 amide bonds. The first-order chi connectivity index (χ1) is 13.2. The Hall–Kier alpha value is -1.36. The number of nitrogens with zero attached hydrogens (tertiary/aromatic N) is 3. The van der Waals surface area contributed by atoms with E-state index in [0.717, 1.165) is 78.4 Å². The van der Waals surface area contributed by atoms with Gasteiger partial charge < -0.3 is 10.2 Å². The Labute approximate surface area is 171 Å². The van der Waals surface area contributed by atoms with Crippen LogP contribution in [0.3, 0.4) is 0 Å². The number of aromatic nitrogens is 2. The molecule has 0 spiro atoms. The van der Waals surface area contributed by atoms with E-state index < -0.39 is 0 Å². The van der Waals surface area contributed by atoms with Crippen LogP contribution in [0.4, 0.5) is 5.69 Å². The highest BCUT2D eigenvalue weighted by Gasteiger charge is 2.21. The van der Waals surface area contributed by atoms with Crippen molar-refractivity contribution in [2.75, 3.05) is 24.5 Å². The van der Waals surface area contributed by atoms with Gasteiger partial charge >= 0.3 is 0 Å². The maximum absolute atomic E-state index is 6.39. The van der Waals surface area contributed by atoms with Gasteiger partial charge in [-0.3, -0.25) is 0 Å². The van der Waals surface area contributed by atoms with Gasteiger partial charge in [0.25, 0.3) is 0 Å². The zero-order valence-corrected chi connectivity index (χ0v) is 17.1. The third-order valence-corrected chi connectivity index (χ3v) is 6.32. The molecule has 0 bridgehead atoms. The fourth-order valence-corrected chi connectivity index (χ4v) is 4.51. The van der Waals surface area contributed by atoms with Crippen LogP contribution in [0, 0.1) is 5.92 Å². The number of hydrogen-bond donors (Lipinski definition) is 1. The van der Waals surface area contributed by atoms with Crippen LogP contribution >= 0.6 is 23.2 Å². The van der Waals surface area contributed by atoms with Crippen molar-refractivity contribution in [3.63, 3.8) is 0 Å². The first kappa shape index (κ1) is 19.0. The molecule has 1 N–H and O–H groups in total. The number of rotatable bonds is 5. The van der Waals surface area contributed by atoms with Crippen molar-refractivity contribution in [1.82, 2.24) is 15.5 Å². The van der Waals surface area contributed by atoms with Crippen molar-refractivity contribution < 1.29 is 0 Å². The second-order valence-corrected chi connectivity index (χ2v) is 8.50. The number of aryl methyl sites for hydroxylation is 2. The van der Waals surface area contributed by atoms with Crippen LogP contribution in [-0.2, 0) is 19.4 Å². The van der Waals surface area contributed by atoms with Crippen molar-refractivity contribution >= 4 is 28.9 Å². The van der Waals surface area contributed by atoms with Gasteiger partial charge in [0.1, 0.15) is 0 Å². The Kier molecular flexibility index (Phi) is 6.16. The van der Waals surface area contributed by atoms with Crippen LogP contribution in [0.2, 0.25) is 10.0 Å². The quantitative estimate of drug-likeness (QED) is 0.785. The van der Waals surface area contributed by atoms with Gasteiger partial charge in [-0.05, 0) is 87.4 Å². The number of benzene rings is 1. The average Bonchev–Trinajstić information content (AvgIpc) is 2.70. The molecule has 0 atom stereocenters. The summed E-state index contributed by atoms with van der Waals surface area (Å²) >= 11 is 12.6. The molecule has 4 nitrogen and oxygen atoms in total. The summed E-state index contributed by atoms with van der Waals surface area (Å²) in [5.74, 6) is 0.811. The molecule has 0 aliphatic carbocycles. The number of fused-ring (bicyclic) bond motifs is 1. The summed E-state index contributed by atoms with van der Waals surface area (Å²) < 4.78 is 0. The van der Waals surface area contributed by atoms with Gasteiger partial charge in [-0.25, -0.2) is 0 Å². The maximum Gasteiger partial charge on any atom is 0.0864 e. The third-order valence-electron chi connectivity index (χ3n) is 5.72. The van der Waals surface area contributed by atoms with Gasteiger partial charge in [0.2, 0.25) is 0 Å². The van der Waals surface area contributed by atoms with Crippen LogP contribution in [0.25, 0.3) is 0 Å². The molecule has 1 saturated heterocycles. The Morgan fingerprint density at radius 1 is 1.11 bits per heavy atom. The van der Waals surface area contributed by atoms with E-state index in [0.29, 0.717) is 0 Å². The summed E-state index contributed by atoms with van der Waals surface area (Å²) in [4.78, 5) is 2.37. The van der Waals surface area contributed by atoms with Crippen LogP contribution in [-0.4, -0.2) is 29.8 Å². The number of anilines is 1. The first-order valence-electron chi connectivity index (χ1n) is 9.94. The molecular formula is C21H26Cl2N4. The molecule has 6 heteroatoms. The Morgan fingerprint density at radius 3 is 2.81 bits per heavy atom. The largest absolute Gasteiger partial charge is 0.366 e. The van der Waals surface area contributed by atoms with Crippen LogP contribution < -0.4 is 10.2 Å². The van der Waals surface area contributed by atoms with Gasteiger partial charge in [0, 0.05) is 23.1 Å².